The van der Waals surface area contributed by atoms with Crippen molar-refractivity contribution in [2.45, 2.75) is 36.8 Å². The average molecular weight is 528 g/mol. The van der Waals surface area contributed by atoms with Crippen LogP contribution in [-0.2, 0) is 14.5 Å². The molecule has 1 aliphatic heterocycles. The second-order valence-corrected chi connectivity index (χ2v) is 10.7. The largest absolute Gasteiger partial charge is 0.463 e. The molecule has 10 nitrogen and oxygen atoms in total. The van der Waals surface area contributed by atoms with Crippen LogP contribution in [0.5, 0.6) is 5.75 Å². The molecule has 192 valence electrons. The summed E-state index contributed by atoms with van der Waals surface area (Å²) >= 11 is 0. The van der Waals surface area contributed by atoms with Crippen LogP contribution in [0.3, 0.4) is 0 Å². The molecule has 2 N–H and O–H groups in total. The predicted octanol–water partition coefficient (Wildman–Crippen LogP) is 4.17. The number of benzene rings is 2. The minimum absolute atomic E-state index is 0.0218. The minimum atomic E-state index is -3.27. The van der Waals surface area contributed by atoms with Gasteiger partial charge < -0.3 is 15.0 Å². The van der Waals surface area contributed by atoms with Crippen LogP contribution in [0, 0.1) is 16.1 Å². The van der Waals surface area contributed by atoms with Crippen molar-refractivity contribution >= 4 is 27.3 Å². The number of hydrogen-bond donors (Lipinski definition) is 2. The monoisotopic (exact) mass is 527 g/mol. The van der Waals surface area contributed by atoms with Crippen molar-refractivity contribution in [1.82, 2.24) is 19.9 Å². The van der Waals surface area contributed by atoms with E-state index in [9.17, 15) is 23.0 Å². The molecule has 1 fully saturated rings. The third-order valence-corrected chi connectivity index (χ3v) is 6.86. The lowest BCUT2D eigenvalue weighted by Crippen LogP contribution is -2.57. The molecule has 0 spiro atoms. The minimum Gasteiger partial charge on any atom is -0.463 e. The molecule has 0 aliphatic carbocycles. The summed E-state index contributed by atoms with van der Waals surface area (Å²) in [5.74, 6) is -3.48. The van der Waals surface area contributed by atoms with Gasteiger partial charge in [0, 0.05) is 42.3 Å². The van der Waals surface area contributed by atoms with Crippen molar-refractivity contribution in [1.29, 1.82) is 10.0 Å². The van der Waals surface area contributed by atoms with E-state index in [1.807, 2.05) is 6.07 Å². The highest BCUT2D eigenvalue weighted by molar-refractivity contribution is 7.91. The van der Waals surface area contributed by atoms with Gasteiger partial charge in [-0.25, -0.2) is 27.7 Å². The number of likely N-dealkylation sites (tertiary alicyclic amines) is 1. The van der Waals surface area contributed by atoms with Crippen molar-refractivity contribution < 1.29 is 22.5 Å². The summed E-state index contributed by atoms with van der Waals surface area (Å²) in [5.41, 5.74) is 0.990. The summed E-state index contributed by atoms with van der Waals surface area (Å²) in [5, 5.41) is 12.6. The molecule has 1 amide bonds. The number of nitrogens with one attached hydrogen (secondary N) is 2. The standard InChI is InChI=1S/C24H23F2N7O3S/c1-15(34)33-11-3-10-24(25,26)22(33)36-20-9-4-16(12-17(20)13-27)21-29-14-30-23(32-21)31-18-5-7-19(8-6-18)37(2,28)35/h4-9,12,14,22,28H,3,10-11H2,1-2H3,(H,29,30,31,32)/t22-,37?/m0/s1. The number of hydrogen-bond acceptors (Lipinski definition) is 9. The Bertz CT molecular complexity index is 1470. The van der Waals surface area contributed by atoms with Gasteiger partial charge in [-0.3, -0.25) is 4.79 Å². The van der Waals surface area contributed by atoms with Gasteiger partial charge in [0.05, 0.1) is 15.3 Å². The SMILES string of the molecule is CC(=O)N1CCCC(F)(F)[C@@H]1Oc1ccc(-c2ncnc(Nc3ccc(S(C)(=N)=O)cc3)n2)cc1C#N. The van der Waals surface area contributed by atoms with Gasteiger partial charge in [-0.2, -0.15) is 10.2 Å². The number of piperidine rings is 1. The molecule has 1 aromatic heterocycles. The summed E-state index contributed by atoms with van der Waals surface area (Å²) < 4.78 is 54.2. The Labute approximate surface area is 212 Å². The third-order valence-electron chi connectivity index (χ3n) is 5.69. The van der Waals surface area contributed by atoms with Crippen LogP contribution < -0.4 is 10.1 Å². The van der Waals surface area contributed by atoms with E-state index in [1.165, 1.54) is 37.7 Å². The number of alkyl halides is 2. The van der Waals surface area contributed by atoms with Gasteiger partial charge in [0.25, 0.3) is 0 Å². The van der Waals surface area contributed by atoms with Gasteiger partial charge in [-0.15, -0.1) is 0 Å². The van der Waals surface area contributed by atoms with E-state index >= 15 is 0 Å². The maximum atomic E-state index is 14.6. The van der Waals surface area contributed by atoms with Crippen molar-refractivity contribution in [3.63, 3.8) is 0 Å². The van der Waals surface area contributed by atoms with Gasteiger partial charge in [0.1, 0.15) is 18.1 Å². The Morgan fingerprint density at radius 3 is 2.65 bits per heavy atom. The van der Waals surface area contributed by atoms with Gasteiger partial charge in [0.15, 0.2) is 5.82 Å². The van der Waals surface area contributed by atoms with Crippen molar-refractivity contribution in [3.8, 4) is 23.2 Å². The van der Waals surface area contributed by atoms with Crippen LogP contribution in [0.4, 0.5) is 20.4 Å². The highest BCUT2D eigenvalue weighted by Gasteiger charge is 2.49. The van der Waals surface area contributed by atoms with E-state index in [-0.39, 0.29) is 36.1 Å². The normalized spacial score (nSPS) is 18.4. The zero-order valence-corrected chi connectivity index (χ0v) is 20.8. The maximum absolute atomic E-state index is 14.6. The second kappa shape index (κ2) is 10.1. The fourth-order valence-electron chi connectivity index (χ4n) is 3.83. The summed E-state index contributed by atoms with van der Waals surface area (Å²) in [6.07, 6.45) is 0.517. The van der Waals surface area contributed by atoms with Crippen LogP contribution >= 0.6 is 0 Å². The number of nitrogens with zero attached hydrogens (tertiary/aromatic N) is 5. The predicted molar refractivity (Wildman–Crippen MR) is 131 cm³/mol. The van der Waals surface area contributed by atoms with Gasteiger partial charge in [0.2, 0.25) is 18.1 Å². The molecular formula is C24H23F2N7O3S. The fraction of sp³-hybridized carbons (Fsp3) is 0.292. The van der Waals surface area contributed by atoms with E-state index < -0.39 is 34.2 Å². The molecule has 2 aromatic carbocycles. The van der Waals surface area contributed by atoms with E-state index in [0.717, 1.165) is 4.90 Å². The van der Waals surface area contributed by atoms with Crippen LogP contribution in [0.2, 0.25) is 0 Å². The summed E-state index contributed by atoms with van der Waals surface area (Å²) in [6.45, 7) is 1.34. The highest BCUT2D eigenvalue weighted by atomic mass is 32.2. The van der Waals surface area contributed by atoms with Crippen molar-refractivity contribution in [3.05, 3.63) is 54.4 Å². The van der Waals surface area contributed by atoms with Crippen molar-refractivity contribution in [2.75, 3.05) is 18.1 Å². The molecule has 4 rings (SSSR count). The Balaban J connectivity index is 1.57. The van der Waals surface area contributed by atoms with E-state index in [4.69, 9.17) is 9.52 Å². The molecule has 1 unspecified atom stereocenters. The van der Waals surface area contributed by atoms with Crippen molar-refractivity contribution in [2.24, 2.45) is 0 Å². The lowest BCUT2D eigenvalue weighted by Gasteiger charge is -2.40. The summed E-state index contributed by atoms with van der Waals surface area (Å²) in [4.78, 5) is 25.8. The van der Waals surface area contributed by atoms with Crippen LogP contribution in [-0.4, -0.2) is 54.9 Å². The quantitative estimate of drug-likeness (QED) is 0.486. The molecule has 37 heavy (non-hydrogen) atoms. The molecule has 13 heteroatoms. The molecule has 1 aliphatic rings. The first-order valence-electron chi connectivity index (χ1n) is 11.1. The lowest BCUT2D eigenvalue weighted by atomic mass is 10.0. The number of aromatic nitrogens is 3. The number of anilines is 2. The Morgan fingerprint density at radius 1 is 1.27 bits per heavy atom. The third kappa shape index (κ3) is 5.80. The zero-order chi connectivity index (χ0) is 26.8. The summed E-state index contributed by atoms with van der Waals surface area (Å²) in [7, 11) is -2.84. The van der Waals surface area contributed by atoms with E-state index in [1.54, 1.807) is 24.3 Å². The van der Waals surface area contributed by atoms with Crippen LogP contribution in [0.25, 0.3) is 11.4 Å². The number of ether oxygens (including phenoxy) is 1. The number of carbonyl (C=O) groups excluding carboxylic acids is 1. The van der Waals surface area contributed by atoms with Crippen LogP contribution in [0.1, 0.15) is 25.3 Å². The second-order valence-electron chi connectivity index (χ2n) is 8.50. The van der Waals surface area contributed by atoms with Gasteiger partial charge in [-0.05, 0) is 48.9 Å². The highest BCUT2D eigenvalue weighted by Crippen LogP contribution is 2.36. The molecule has 0 bridgehead atoms. The topological polar surface area (TPSA) is 145 Å². The molecule has 2 atom stereocenters. The number of nitriles is 1. The number of carbonyl (C=O) groups is 1. The molecular weight excluding hydrogens is 504 g/mol. The Kier molecular flexibility index (Phi) is 7.04. The first-order chi connectivity index (χ1) is 17.5. The average Bonchev–Trinajstić information content (AvgIpc) is 2.85. The number of amides is 1. The maximum Gasteiger partial charge on any atom is 0.303 e. The van der Waals surface area contributed by atoms with Gasteiger partial charge >= 0.3 is 5.92 Å². The Hall–Kier alpha value is -4.18. The van der Waals surface area contributed by atoms with E-state index in [2.05, 4.69) is 20.3 Å². The van der Waals surface area contributed by atoms with Crippen LogP contribution in [0.15, 0.2) is 53.7 Å². The number of halogens is 2. The number of rotatable bonds is 6. The molecule has 1 saturated heterocycles. The first-order valence-corrected chi connectivity index (χ1v) is 13.1. The molecule has 0 saturated carbocycles. The lowest BCUT2D eigenvalue weighted by molar-refractivity contribution is -0.193. The zero-order valence-electron chi connectivity index (χ0n) is 19.9. The molecule has 0 radical (unpaired) electrons. The summed E-state index contributed by atoms with van der Waals surface area (Å²) in [6, 6.07) is 12.7. The fourth-order valence-corrected chi connectivity index (χ4v) is 4.48. The van der Waals surface area contributed by atoms with Gasteiger partial charge in [-0.1, -0.05) is 0 Å². The Morgan fingerprint density at radius 2 is 2.00 bits per heavy atom. The first kappa shape index (κ1) is 25.9. The molecule has 3 aromatic rings. The van der Waals surface area contributed by atoms with E-state index in [0.29, 0.717) is 16.1 Å². The molecule has 2 heterocycles. The smallest absolute Gasteiger partial charge is 0.303 e.